The van der Waals surface area contributed by atoms with Gasteiger partial charge in [0, 0.05) is 22.6 Å². The highest BCUT2D eigenvalue weighted by Gasteiger charge is 2.26. The molecule has 0 radical (unpaired) electrons. The van der Waals surface area contributed by atoms with Crippen LogP contribution < -0.4 is 0 Å². The maximum atomic E-state index is 12.2. The molecule has 0 unspecified atom stereocenters. The number of rotatable bonds is 3. The lowest BCUT2D eigenvalue weighted by atomic mass is 9.99. The lowest BCUT2D eigenvalue weighted by Crippen LogP contribution is -2.44. The molecule has 16 heavy (non-hydrogen) atoms. The number of hydrogen-bond acceptors (Lipinski definition) is 1. The van der Waals surface area contributed by atoms with Crippen LogP contribution in [0.1, 0.15) is 37.6 Å². The van der Waals surface area contributed by atoms with Crippen molar-refractivity contribution in [1.82, 2.24) is 4.90 Å². The Morgan fingerprint density at radius 2 is 2.06 bits per heavy atom. The highest BCUT2D eigenvalue weighted by atomic mass is 79.9. The fraction of sp³-hybridized carbons (Fsp3) is 0.462. The number of hydrogen-bond donors (Lipinski definition) is 0. The van der Waals surface area contributed by atoms with Gasteiger partial charge < -0.3 is 4.90 Å². The van der Waals surface area contributed by atoms with Crippen molar-refractivity contribution in [3.8, 4) is 0 Å². The van der Waals surface area contributed by atoms with Crippen LogP contribution in [0, 0.1) is 0 Å². The van der Waals surface area contributed by atoms with Crippen LogP contribution in [0.15, 0.2) is 28.7 Å². The van der Waals surface area contributed by atoms with E-state index in [1.165, 1.54) is 0 Å². The van der Waals surface area contributed by atoms with Gasteiger partial charge in [-0.1, -0.05) is 28.9 Å². The average molecular weight is 284 g/mol. The molecule has 0 saturated heterocycles. The van der Waals surface area contributed by atoms with E-state index < -0.39 is 0 Å². The zero-order chi connectivity index (χ0) is 12.3. The van der Waals surface area contributed by atoms with E-state index in [1.807, 2.05) is 31.3 Å². The zero-order valence-electron chi connectivity index (χ0n) is 10.2. The molecule has 1 aromatic rings. The molecule has 0 heterocycles. The number of carbonyl (C=O) groups excluding carboxylic acids is 1. The normalized spacial score (nSPS) is 11.3. The van der Waals surface area contributed by atoms with Gasteiger partial charge in [0.25, 0.3) is 5.91 Å². The average Bonchev–Trinajstić information content (AvgIpc) is 2.27. The highest BCUT2D eigenvalue weighted by molar-refractivity contribution is 9.10. The molecule has 0 N–H and O–H groups in total. The summed E-state index contributed by atoms with van der Waals surface area (Å²) < 4.78 is 0.932. The summed E-state index contributed by atoms with van der Waals surface area (Å²) in [5, 5.41) is 0. The fourth-order valence-corrected chi connectivity index (χ4v) is 1.73. The third-order valence-electron chi connectivity index (χ3n) is 3.15. The van der Waals surface area contributed by atoms with Crippen LogP contribution in [0.5, 0.6) is 0 Å². The number of benzene rings is 1. The molecule has 1 aromatic carbocycles. The maximum Gasteiger partial charge on any atom is 0.254 e. The predicted molar refractivity (Wildman–Crippen MR) is 70.6 cm³/mol. The number of nitrogens with zero attached hydrogens (tertiary/aromatic N) is 1. The summed E-state index contributed by atoms with van der Waals surface area (Å²) in [4.78, 5) is 14.0. The van der Waals surface area contributed by atoms with E-state index in [9.17, 15) is 4.79 Å². The molecule has 3 heteroatoms. The smallest absolute Gasteiger partial charge is 0.254 e. The first kappa shape index (κ1) is 13.2. The van der Waals surface area contributed by atoms with Crippen molar-refractivity contribution in [1.29, 1.82) is 0 Å². The lowest BCUT2D eigenvalue weighted by molar-refractivity contribution is 0.0620. The van der Waals surface area contributed by atoms with Crippen LogP contribution in [0.2, 0.25) is 0 Å². The Morgan fingerprint density at radius 3 is 2.56 bits per heavy atom. The molecule has 0 aliphatic rings. The first-order valence-electron chi connectivity index (χ1n) is 5.42. The predicted octanol–water partition coefficient (Wildman–Crippen LogP) is 3.71. The minimum atomic E-state index is -0.112. The summed E-state index contributed by atoms with van der Waals surface area (Å²) in [6.45, 7) is 6.23. The van der Waals surface area contributed by atoms with E-state index in [2.05, 4.69) is 36.7 Å². The Labute approximate surface area is 106 Å². The van der Waals surface area contributed by atoms with Gasteiger partial charge in [0.2, 0.25) is 0 Å². The van der Waals surface area contributed by atoms with Crippen molar-refractivity contribution < 1.29 is 4.79 Å². The molecule has 1 amide bonds. The van der Waals surface area contributed by atoms with E-state index in [0.717, 1.165) is 16.5 Å². The van der Waals surface area contributed by atoms with Crippen molar-refractivity contribution in [2.75, 3.05) is 7.05 Å². The zero-order valence-corrected chi connectivity index (χ0v) is 11.8. The summed E-state index contributed by atoms with van der Waals surface area (Å²) >= 11 is 3.38. The Hall–Kier alpha value is -0.830. The van der Waals surface area contributed by atoms with E-state index in [-0.39, 0.29) is 11.4 Å². The summed E-state index contributed by atoms with van der Waals surface area (Å²) in [6.07, 6.45) is 0.934. The summed E-state index contributed by atoms with van der Waals surface area (Å²) in [7, 11) is 1.85. The fourth-order valence-electron chi connectivity index (χ4n) is 1.33. The summed E-state index contributed by atoms with van der Waals surface area (Å²) in [6, 6.07) is 7.49. The van der Waals surface area contributed by atoms with Crippen molar-refractivity contribution in [3.05, 3.63) is 34.3 Å². The van der Waals surface area contributed by atoms with Crippen LogP contribution in [0.4, 0.5) is 0 Å². The standard InChI is InChI=1S/C13H18BrNO/c1-5-13(2,3)15(4)12(16)10-7-6-8-11(14)9-10/h6-9H,5H2,1-4H3. The molecule has 1 rings (SSSR count). The minimum Gasteiger partial charge on any atom is -0.337 e. The Kier molecular flexibility index (Phi) is 4.14. The van der Waals surface area contributed by atoms with Gasteiger partial charge in [-0.2, -0.15) is 0 Å². The molecule has 0 aliphatic carbocycles. The molecule has 0 saturated carbocycles. The van der Waals surface area contributed by atoms with Gasteiger partial charge in [0.15, 0.2) is 0 Å². The molecule has 2 nitrogen and oxygen atoms in total. The molecule has 0 fully saturated rings. The van der Waals surface area contributed by atoms with Crippen LogP contribution in [-0.4, -0.2) is 23.4 Å². The van der Waals surface area contributed by atoms with E-state index in [1.54, 1.807) is 4.90 Å². The van der Waals surface area contributed by atoms with Crippen molar-refractivity contribution in [3.63, 3.8) is 0 Å². The highest BCUT2D eigenvalue weighted by Crippen LogP contribution is 2.20. The van der Waals surface area contributed by atoms with Gasteiger partial charge in [-0.15, -0.1) is 0 Å². The lowest BCUT2D eigenvalue weighted by Gasteiger charge is -2.35. The van der Waals surface area contributed by atoms with E-state index in [4.69, 9.17) is 0 Å². The second kappa shape index (κ2) is 5.00. The largest absolute Gasteiger partial charge is 0.337 e. The first-order valence-corrected chi connectivity index (χ1v) is 6.21. The van der Waals surface area contributed by atoms with E-state index in [0.29, 0.717) is 0 Å². The third kappa shape index (κ3) is 2.85. The van der Waals surface area contributed by atoms with E-state index >= 15 is 0 Å². The summed E-state index contributed by atoms with van der Waals surface area (Å²) in [5.74, 6) is 0.0631. The second-order valence-corrected chi connectivity index (χ2v) is 5.46. The van der Waals surface area contributed by atoms with Gasteiger partial charge in [-0.25, -0.2) is 0 Å². The van der Waals surface area contributed by atoms with Crippen LogP contribution in [0.3, 0.4) is 0 Å². The Bertz CT molecular complexity index is 387. The second-order valence-electron chi connectivity index (χ2n) is 4.54. The van der Waals surface area contributed by atoms with Crippen LogP contribution in [-0.2, 0) is 0 Å². The molecule has 88 valence electrons. The van der Waals surface area contributed by atoms with Crippen molar-refractivity contribution in [2.45, 2.75) is 32.7 Å². The first-order chi connectivity index (χ1) is 7.38. The molecule has 0 aliphatic heterocycles. The topological polar surface area (TPSA) is 20.3 Å². The van der Waals surface area contributed by atoms with Crippen LogP contribution in [0.25, 0.3) is 0 Å². The molecular weight excluding hydrogens is 266 g/mol. The number of carbonyl (C=O) groups is 1. The van der Waals surface area contributed by atoms with Crippen molar-refractivity contribution >= 4 is 21.8 Å². The minimum absolute atomic E-state index is 0.0631. The number of halogens is 1. The van der Waals surface area contributed by atoms with Gasteiger partial charge in [0.05, 0.1) is 0 Å². The Morgan fingerprint density at radius 1 is 1.44 bits per heavy atom. The third-order valence-corrected chi connectivity index (χ3v) is 3.64. The van der Waals surface area contributed by atoms with Gasteiger partial charge in [0.1, 0.15) is 0 Å². The van der Waals surface area contributed by atoms with Crippen LogP contribution >= 0.6 is 15.9 Å². The maximum absolute atomic E-state index is 12.2. The van der Waals surface area contributed by atoms with Gasteiger partial charge >= 0.3 is 0 Å². The Balaban J connectivity index is 2.95. The van der Waals surface area contributed by atoms with Gasteiger partial charge in [-0.3, -0.25) is 4.79 Å². The molecule has 0 atom stereocenters. The SMILES string of the molecule is CCC(C)(C)N(C)C(=O)c1cccc(Br)c1. The quantitative estimate of drug-likeness (QED) is 0.828. The van der Waals surface area contributed by atoms with Gasteiger partial charge in [-0.05, 0) is 38.5 Å². The molecule has 0 spiro atoms. The molecule has 0 aromatic heterocycles. The number of amides is 1. The van der Waals surface area contributed by atoms with Crippen molar-refractivity contribution in [2.24, 2.45) is 0 Å². The summed E-state index contributed by atoms with van der Waals surface area (Å²) in [5.41, 5.74) is 0.609. The molecule has 0 bridgehead atoms. The monoisotopic (exact) mass is 283 g/mol. The molecular formula is C13H18BrNO.